The molecule has 13 heavy (non-hydrogen) atoms. The van der Waals surface area contributed by atoms with Crippen LogP contribution in [0.5, 0.6) is 0 Å². The second kappa shape index (κ2) is 5.35. The predicted molar refractivity (Wildman–Crippen MR) is 48.4 cm³/mol. The Bertz CT molecular complexity index is 244. The summed E-state index contributed by atoms with van der Waals surface area (Å²) < 4.78 is 4.83. The van der Waals surface area contributed by atoms with Crippen molar-refractivity contribution in [1.29, 1.82) is 0 Å². The Labute approximate surface area is 77.3 Å². The molecule has 0 aliphatic heterocycles. The summed E-state index contributed by atoms with van der Waals surface area (Å²) in [5.41, 5.74) is 0. The number of aromatic nitrogens is 1. The molecule has 1 rings (SSSR count). The molecule has 0 bridgehead atoms. The number of amides is 1. The summed E-state index contributed by atoms with van der Waals surface area (Å²) in [5.74, 6) is -0.0994. The number of oxazole rings is 1. The van der Waals surface area contributed by atoms with Gasteiger partial charge >= 0.3 is 5.91 Å². The van der Waals surface area contributed by atoms with Crippen molar-refractivity contribution in [3.05, 3.63) is 18.4 Å². The lowest BCUT2D eigenvalue weighted by molar-refractivity contribution is 0.0918. The third-order valence-electron chi connectivity index (χ3n) is 1.69. The molecular formula is C9H14N2O2. The lowest BCUT2D eigenvalue weighted by atomic mass is 10.2. The Balaban J connectivity index is 2.19. The summed E-state index contributed by atoms with van der Waals surface area (Å²) >= 11 is 0. The fourth-order valence-electron chi connectivity index (χ4n) is 0.988. The molecule has 1 heterocycles. The summed E-state index contributed by atoms with van der Waals surface area (Å²) in [6.07, 6.45) is 6.13. The van der Waals surface area contributed by atoms with Gasteiger partial charge in [0.15, 0.2) is 0 Å². The van der Waals surface area contributed by atoms with E-state index < -0.39 is 0 Å². The minimum atomic E-state index is -0.235. The van der Waals surface area contributed by atoms with E-state index in [-0.39, 0.29) is 11.8 Å². The molecule has 0 aliphatic rings. The molecule has 0 unspecified atom stereocenters. The van der Waals surface area contributed by atoms with Crippen LogP contribution in [0.2, 0.25) is 0 Å². The number of carbonyl (C=O) groups is 1. The van der Waals surface area contributed by atoms with Crippen molar-refractivity contribution < 1.29 is 9.21 Å². The van der Waals surface area contributed by atoms with Gasteiger partial charge in [-0.15, -0.1) is 0 Å². The van der Waals surface area contributed by atoms with E-state index in [9.17, 15) is 4.79 Å². The molecule has 0 aliphatic carbocycles. The van der Waals surface area contributed by atoms with Crippen LogP contribution in [0, 0.1) is 0 Å². The van der Waals surface area contributed by atoms with Crippen molar-refractivity contribution in [2.24, 2.45) is 0 Å². The molecule has 1 N–H and O–H groups in total. The molecule has 72 valence electrons. The monoisotopic (exact) mass is 182 g/mol. The number of nitrogens with zero attached hydrogens (tertiary/aromatic N) is 1. The Kier molecular flexibility index (Phi) is 4.02. The fourth-order valence-corrected chi connectivity index (χ4v) is 0.988. The van der Waals surface area contributed by atoms with E-state index in [0.717, 1.165) is 19.3 Å². The average molecular weight is 182 g/mol. The van der Waals surface area contributed by atoms with E-state index in [0.29, 0.717) is 6.54 Å². The standard InChI is InChI=1S/C9H14N2O2/c1-2-3-4-5-10-8(12)9-11-6-7-13-9/h6-7H,2-5H2,1H3,(H,10,12). The maximum Gasteiger partial charge on any atom is 0.307 e. The number of carbonyl (C=O) groups excluding carboxylic acids is 1. The number of unbranched alkanes of at least 4 members (excludes halogenated alkanes) is 2. The highest BCUT2D eigenvalue weighted by atomic mass is 16.3. The second-order valence-corrected chi connectivity index (χ2v) is 2.80. The Morgan fingerprint density at radius 3 is 3.08 bits per heavy atom. The lowest BCUT2D eigenvalue weighted by Gasteiger charge is -2.00. The van der Waals surface area contributed by atoms with Crippen LogP contribution in [-0.4, -0.2) is 17.4 Å². The largest absolute Gasteiger partial charge is 0.441 e. The molecule has 1 aromatic heterocycles. The van der Waals surface area contributed by atoms with E-state index in [1.807, 2.05) is 0 Å². The normalized spacial score (nSPS) is 9.92. The molecule has 1 aromatic rings. The molecule has 0 fully saturated rings. The smallest absolute Gasteiger partial charge is 0.307 e. The zero-order valence-corrected chi connectivity index (χ0v) is 7.75. The van der Waals surface area contributed by atoms with Gasteiger partial charge in [0.1, 0.15) is 6.26 Å². The van der Waals surface area contributed by atoms with Crippen molar-refractivity contribution >= 4 is 5.91 Å². The second-order valence-electron chi connectivity index (χ2n) is 2.80. The maximum atomic E-state index is 11.2. The third kappa shape index (κ3) is 3.27. The Morgan fingerprint density at radius 1 is 1.62 bits per heavy atom. The van der Waals surface area contributed by atoms with Crippen LogP contribution in [0.15, 0.2) is 16.9 Å². The topological polar surface area (TPSA) is 55.1 Å². The lowest BCUT2D eigenvalue weighted by Crippen LogP contribution is -2.24. The molecular weight excluding hydrogens is 168 g/mol. The maximum absolute atomic E-state index is 11.2. The molecule has 0 aromatic carbocycles. The summed E-state index contributed by atoms with van der Waals surface area (Å²) in [5, 5.41) is 2.72. The number of nitrogens with one attached hydrogen (secondary N) is 1. The Hall–Kier alpha value is -1.32. The van der Waals surface area contributed by atoms with Gasteiger partial charge in [0.05, 0.1) is 6.20 Å². The van der Waals surface area contributed by atoms with Crippen LogP contribution in [-0.2, 0) is 0 Å². The molecule has 0 saturated carbocycles. The first-order chi connectivity index (χ1) is 6.34. The van der Waals surface area contributed by atoms with Crippen molar-refractivity contribution in [3.63, 3.8) is 0 Å². The zero-order valence-electron chi connectivity index (χ0n) is 7.75. The van der Waals surface area contributed by atoms with Gasteiger partial charge in [-0.3, -0.25) is 4.79 Å². The van der Waals surface area contributed by atoms with Gasteiger partial charge in [-0.25, -0.2) is 4.98 Å². The van der Waals surface area contributed by atoms with Gasteiger partial charge < -0.3 is 9.73 Å². The third-order valence-corrected chi connectivity index (χ3v) is 1.69. The predicted octanol–water partition coefficient (Wildman–Crippen LogP) is 1.59. The summed E-state index contributed by atoms with van der Waals surface area (Å²) in [6.45, 7) is 2.81. The number of rotatable bonds is 5. The van der Waals surface area contributed by atoms with Crippen LogP contribution in [0.4, 0.5) is 0 Å². The van der Waals surface area contributed by atoms with E-state index in [4.69, 9.17) is 4.42 Å². The van der Waals surface area contributed by atoms with Crippen molar-refractivity contribution in [1.82, 2.24) is 10.3 Å². The summed E-state index contributed by atoms with van der Waals surface area (Å²) in [4.78, 5) is 14.9. The van der Waals surface area contributed by atoms with Gasteiger partial charge in [0, 0.05) is 6.54 Å². The van der Waals surface area contributed by atoms with Crippen molar-refractivity contribution in [3.8, 4) is 0 Å². The SMILES string of the molecule is CCCCCNC(=O)c1ncco1. The summed E-state index contributed by atoms with van der Waals surface area (Å²) in [7, 11) is 0. The van der Waals surface area contributed by atoms with E-state index in [1.165, 1.54) is 12.5 Å². The van der Waals surface area contributed by atoms with Crippen LogP contribution in [0.1, 0.15) is 36.9 Å². The molecule has 0 atom stereocenters. The molecule has 0 spiro atoms. The molecule has 4 heteroatoms. The van der Waals surface area contributed by atoms with Gasteiger partial charge in [0.2, 0.25) is 0 Å². The molecule has 0 radical (unpaired) electrons. The minimum absolute atomic E-state index is 0.136. The summed E-state index contributed by atoms with van der Waals surface area (Å²) in [6, 6.07) is 0. The average Bonchev–Trinajstić information content (AvgIpc) is 2.65. The van der Waals surface area contributed by atoms with Gasteiger partial charge in [-0.1, -0.05) is 19.8 Å². The van der Waals surface area contributed by atoms with Crippen molar-refractivity contribution in [2.75, 3.05) is 6.54 Å². The molecule has 1 amide bonds. The van der Waals surface area contributed by atoms with Gasteiger partial charge in [-0.05, 0) is 6.42 Å². The van der Waals surface area contributed by atoms with Crippen LogP contribution in [0.3, 0.4) is 0 Å². The highest BCUT2D eigenvalue weighted by Gasteiger charge is 2.07. The van der Waals surface area contributed by atoms with Gasteiger partial charge in [0.25, 0.3) is 5.89 Å². The highest BCUT2D eigenvalue weighted by Crippen LogP contribution is 1.95. The first kappa shape index (κ1) is 9.77. The minimum Gasteiger partial charge on any atom is -0.441 e. The number of hydrogen-bond donors (Lipinski definition) is 1. The quantitative estimate of drug-likeness (QED) is 0.703. The fraction of sp³-hybridized carbons (Fsp3) is 0.556. The number of hydrogen-bond acceptors (Lipinski definition) is 3. The van der Waals surface area contributed by atoms with Crippen LogP contribution < -0.4 is 5.32 Å². The first-order valence-electron chi connectivity index (χ1n) is 4.52. The highest BCUT2D eigenvalue weighted by molar-refractivity contribution is 5.89. The van der Waals surface area contributed by atoms with Crippen molar-refractivity contribution in [2.45, 2.75) is 26.2 Å². The molecule has 4 nitrogen and oxygen atoms in total. The van der Waals surface area contributed by atoms with Crippen LogP contribution in [0.25, 0.3) is 0 Å². The van der Waals surface area contributed by atoms with Crippen LogP contribution >= 0.6 is 0 Å². The zero-order chi connectivity index (χ0) is 9.52. The first-order valence-corrected chi connectivity index (χ1v) is 4.52. The molecule has 0 saturated heterocycles. The van der Waals surface area contributed by atoms with E-state index >= 15 is 0 Å². The van der Waals surface area contributed by atoms with E-state index in [1.54, 1.807) is 0 Å². The van der Waals surface area contributed by atoms with E-state index in [2.05, 4.69) is 17.2 Å². The van der Waals surface area contributed by atoms with Gasteiger partial charge in [-0.2, -0.15) is 0 Å². The Morgan fingerprint density at radius 2 is 2.46 bits per heavy atom.